The minimum absolute atomic E-state index is 0.115. The number of epoxide rings is 1. The molecule has 2 unspecified atom stereocenters. The van der Waals surface area contributed by atoms with Gasteiger partial charge in [0.25, 0.3) is 0 Å². The van der Waals surface area contributed by atoms with Crippen molar-refractivity contribution in [1.82, 2.24) is 0 Å². The Morgan fingerprint density at radius 2 is 1.48 bits per heavy atom. The highest BCUT2D eigenvalue weighted by Gasteiger charge is 2.63. The van der Waals surface area contributed by atoms with Crippen LogP contribution in [0.2, 0.25) is 0 Å². The van der Waals surface area contributed by atoms with Gasteiger partial charge in [-0.25, -0.2) is 0 Å². The van der Waals surface area contributed by atoms with Crippen LogP contribution in [0.5, 0.6) is 0 Å². The van der Waals surface area contributed by atoms with Crippen molar-refractivity contribution >= 4 is 19.4 Å². The van der Waals surface area contributed by atoms with Crippen molar-refractivity contribution in [2.24, 2.45) is 0 Å². The highest BCUT2D eigenvalue weighted by Crippen LogP contribution is 2.55. The molecule has 2 nitrogen and oxygen atoms in total. The largest absolute Gasteiger partial charge is 0.378 e. The first-order valence-electron chi connectivity index (χ1n) is 10.6. The van der Waals surface area contributed by atoms with E-state index >= 15 is 0 Å². The number of hydrogen-bond donors (Lipinski definition) is 0. The molecule has 1 saturated heterocycles. The summed E-state index contributed by atoms with van der Waals surface area (Å²) in [6.45, 7) is 6.88. The number of fused-ring (bicyclic) bond motifs is 3. The Kier molecular flexibility index (Phi) is 4.50. The lowest BCUT2D eigenvalue weighted by Gasteiger charge is -2.31. The molecular weight excluding hydrogens is 372 g/mol. The maximum absolute atomic E-state index is 7.04. The molecular formula is C26H28O2Si. The summed E-state index contributed by atoms with van der Waals surface area (Å²) >= 11 is 0. The van der Waals surface area contributed by atoms with Gasteiger partial charge in [-0.05, 0) is 39.8 Å². The second-order valence-corrected chi connectivity index (χ2v) is 11.5. The van der Waals surface area contributed by atoms with E-state index in [4.69, 9.17) is 9.16 Å². The van der Waals surface area contributed by atoms with Crippen molar-refractivity contribution in [2.75, 3.05) is 0 Å². The quantitative estimate of drug-likeness (QED) is 0.487. The highest BCUT2D eigenvalue weighted by atomic mass is 28.3. The molecule has 3 aromatic carbocycles. The molecule has 0 N–H and O–H groups in total. The first-order chi connectivity index (χ1) is 14.0. The lowest BCUT2D eigenvalue weighted by Crippen LogP contribution is -2.48. The molecule has 29 heavy (non-hydrogen) atoms. The zero-order chi connectivity index (χ0) is 20.1. The van der Waals surface area contributed by atoms with E-state index in [0.717, 1.165) is 12.8 Å². The Hall–Kier alpha value is -2.20. The molecule has 1 aliphatic carbocycles. The summed E-state index contributed by atoms with van der Waals surface area (Å²) in [5.74, 6) is -0.572. The van der Waals surface area contributed by atoms with Gasteiger partial charge >= 0.3 is 0 Å². The molecule has 0 amide bonds. The van der Waals surface area contributed by atoms with E-state index in [1.807, 2.05) is 0 Å². The molecule has 0 radical (unpaired) electrons. The normalized spacial score (nSPS) is 22.8. The summed E-state index contributed by atoms with van der Waals surface area (Å²) in [7, 11) is -1.89. The second kappa shape index (κ2) is 6.94. The molecule has 0 aromatic heterocycles. The fourth-order valence-corrected chi connectivity index (χ4v) is 7.24. The van der Waals surface area contributed by atoms with Crippen molar-refractivity contribution in [3.05, 3.63) is 95.6 Å². The van der Waals surface area contributed by atoms with Gasteiger partial charge in [-0.2, -0.15) is 0 Å². The summed E-state index contributed by atoms with van der Waals surface area (Å²) in [6, 6.07) is 28.1. The van der Waals surface area contributed by atoms with Crippen molar-refractivity contribution in [3.63, 3.8) is 0 Å². The summed E-state index contributed by atoms with van der Waals surface area (Å²) in [5, 5.41) is 2.59. The molecule has 3 heteroatoms. The van der Waals surface area contributed by atoms with Crippen LogP contribution in [0.3, 0.4) is 0 Å². The van der Waals surface area contributed by atoms with Gasteiger partial charge in [0.1, 0.15) is 6.10 Å². The van der Waals surface area contributed by atoms with Gasteiger partial charge in [0, 0.05) is 5.56 Å². The number of benzene rings is 3. The van der Waals surface area contributed by atoms with Gasteiger partial charge in [0.05, 0.1) is 0 Å². The Bertz CT molecular complexity index is 970. The fraction of sp³-hybridized carbons (Fsp3) is 0.308. The fourth-order valence-electron chi connectivity index (χ4n) is 4.75. The van der Waals surface area contributed by atoms with Gasteiger partial charge in [0.15, 0.2) is 0 Å². The number of rotatable bonds is 4. The molecule has 2 aliphatic rings. The minimum Gasteiger partial charge on any atom is -0.378 e. The van der Waals surface area contributed by atoms with E-state index in [1.54, 1.807) is 0 Å². The standard InChI is InChI=1S/C26H28O2Si/c1-25(2,3)22-15-10-16-23-21(22)17-18-24-26(23,27-24)28-29(19-11-6-4-7-12-19)20-13-8-5-9-14-20/h4-16,24,29H,17-18H2,1-3H3. The summed E-state index contributed by atoms with van der Waals surface area (Å²) in [6.07, 6.45) is 2.28. The third-order valence-electron chi connectivity index (χ3n) is 6.20. The van der Waals surface area contributed by atoms with Gasteiger partial charge in [-0.15, -0.1) is 0 Å². The van der Waals surface area contributed by atoms with Gasteiger partial charge in [0.2, 0.25) is 14.8 Å². The lowest BCUT2D eigenvalue weighted by molar-refractivity contribution is 0.0606. The van der Waals surface area contributed by atoms with Gasteiger partial charge in [-0.1, -0.05) is 99.6 Å². The van der Waals surface area contributed by atoms with Crippen LogP contribution in [0.4, 0.5) is 0 Å². The van der Waals surface area contributed by atoms with Crippen molar-refractivity contribution in [1.29, 1.82) is 0 Å². The Labute approximate surface area is 175 Å². The zero-order valence-corrected chi connectivity index (χ0v) is 18.5. The summed E-state index contributed by atoms with van der Waals surface area (Å²) in [5.41, 5.74) is 4.22. The number of ether oxygens (including phenoxy) is 1. The molecule has 148 valence electrons. The van der Waals surface area contributed by atoms with Crippen LogP contribution in [-0.4, -0.2) is 15.1 Å². The Balaban J connectivity index is 1.59. The molecule has 1 fully saturated rings. The Morgan fingerprint density at radius 1 is 0.862 bits per heavy atom. The van der Waals surface area contributed by atoms with Gasteiger partial charge < -0.3 is 9.16 Å². The van der Waals surface area contributed by atoms with Crippen LogP contribution >= 0.6 is 0 Å². The summed E-state index contributed by atoms with van der Waals surface area (Å²) in [4.78, 5) is 0. The highest BCUT2D eigenvalue weighted by molar-refractivity contribution is 6.80. The van der Waals surface area contributed by atoms with Crippen molar-refractivity contribution < 1.29 is 9.16 Å². The van der Waals surface area contributed by atoms with Crippen LogP contribution in [0.25, 0.3) is 0 Å². The second-order valence-electron chi connectivity index (χ2n) is 9.21. The molecule has 2 atom stereocenters. The maximum atomic E-state index is 7.04. The van der Waals surface area contributed by atoms with E-state index in [0.29, 0.717) is 0 Å². The van der Waals surface area contributed by atoms with Crippen molar-refractivity contribution in [2.45, 2.75) is 50.9 Å². The topological polar surface area (TPSA) is 21.8 Å². The molecule has 1 aliphatic heterocycles. The van der Waals surface area contributed by atoms with E-state index in [1.165, 1.54) is 27.1 Å². The van der Waals surface area contributed by atoms with Crippen molar-refractivity contribution in [3.8, 4) is 0 Å². The maximum Gasteiger partial charge on any atom is 0.244 e. The lowest BCUT2D eigenvalue weighted by atomic mass is 9.77. The average molecular weight is 401 g/mol. The Morgan fingerprint density at radius 3 is 2.07 bits per heavy atom. The average Bonchev–Trinajstić information content (AvgIpc) is 3.47. The number of hydrogen-bond acceptors (Lipinski definition) is 2. The van der Waals surface area contributed by atoms with E-state index in [2.05, 4.69) is 99.6 Å². The van der Waals surface area contributed by atoms with E-state index in [9.17, 15) is 0 Å². The first kappa shape index (κ1) is 18.8. The molecule has 0 bridgehead atoms. The molecule has 0 spiro atoms. The van der Waals surface area contributed by atoms with Crippen LogP contribution in [-0.2, 0) is 26.8 Å². The third-order valence-corrected chi connectivity index (χ3v) is 8.76. The van der Waals surface area contributed by atoms with E-state index < -0.39 is 14.8 Å². The summed E-state index contributed by atoms with van der Waals surface area (Å²) < 4.78 is 13.4. The zero-order valence-electron chi connectivity index (χ0n) is 17.4. The van der Waals surface area contributed by atoms with E-state index in [-0.39, 0.29) is 11.5 Å². The van der Waals surface area contributed by atoms with Crippen LogP contribution < -0.4 is 10.4 Å². The predicted octanol–water partition coefficient (Wildman–Crippen LogP) is 4.04. The van der Waals surface area contributed by atoms with Crippen LogP contribution in [0, 0.1) is 0 Å². The van der Waals surface area contributed by atoms with Crippen LogP contribution in [0.15, 0.2) is 78.9 Å². The predicted molar refractivity (Wildman–Crippen MR) is 120 cm³/mol. The molecule has 1 heterocycles. The molecule has 3 aromatic rings. The molecule has 5 rings (SSSR count). The monoisotopic (exact) mass is 400 g/mol. The smallest absolute Gasteiger partial charge is 0.244 e. The minimum atomic E-state index is -1.89. The van der Waals surface area contributed by atoms with Gasteiger partial charge in [-0.3, -0.25) is 0 Å². The van der Waals surface area contributed by atoms with Crippen LogP contribution in [0.1, 0.15) is 43.9 Å². The molecule has 0 saturated carbocycles. The third kappa shape index (κ3) is 3.27. The first-order valence-corrected chi connectivity index (χ1v) is 12.2. The SMILES string of the molecule is CC(C)(C)c1cccc2c1CCC1OC21O[SiH](c1ccccc1)c1ccccc1.